The minimum Gasteiger partial charge on any atom is -0.355 e. The lowest BCUT2D eigenvalue weighted by atomic mass is 10.1. The molecule has 2 heteroatoms. The molecular weight excluding hydrogens is 174 g/mol. The molecule has 0 saturated carbocycles. The summed E-state index contributed by atoms with van der Waals surface area (Å²) in [6.45, 7) is 7.97. The van der Waals surface area contributed by atoms with Gasteiger partial charge in [-0.15, -0.1) is 0 Å². The molecule has 78 valence electrons. The van der Waals surface area contributed by atoms with Crippen LogP contribution in [0.1, 0.15) is 35.3 Å². The van der Waals surface area contributed by atoms with Crippen molar-refractivity contribution in [1.82, 2.24) is 5.32 Å². The largest absolute Gasteiger partial charge is 0.355 e. The Morgan fingerprint density at radius 3 is 1.86 bits per heavy atom. The van der Waals surface area contributed by atoms with Crippen molar-refractivity contribution >= 4 is 5.91 Å². The fraction of sp³-hybridized carbons (Fsp3) is 0.417. The molecule has 0 radical (unpaired) electrons. The Kier molecular flexibility index (Phi) is 5.61. The van der Waals surface area contributed by atoms with Gasteiger partial charge < -0.3 is 5.32 Å². The van der Waals surface area contributed by atoms with Gasteiger partial charge in [-0.2, -0.15) is 0 Å². The molecular formula is C12H19NO. The van der Waals surface area contributed by atoms with Crippen molar-refractivity contribution in [3.05, 3.63) is 34.9 Å². The van der Waals surface area contributed by atoms with Crippen LogP contribution in [-0.4, -0.2) is 13.0 Å². The Morgan fingerprint density at radius 2 is 1.50 bits per heavy atom. The molecule has 1 N–H and O–H groups in total. The Balaban J connectivity index is 0.000000791. The minimum atomic E-state index is -0.0261. The van der Waals surface area contributed by atoms with Crippen LogP contribution in [0.15, 0.2) is 18.2 Å². The van der Waals surface area contributed by atoms with Gasteiger partial charge in [0.05, 0.1) is 0 Å². The van der Waals surface area contributed by atoms with E-state index in [1.165, 1.54) is 0 Å². The quantitative estimate of drug-likeness (QED) is 0.730. The molecule has 0 aliphatic carbocycles. The summed E-state index contributed by atoms with van der Waals surface area (Å²) < 4.78 is 0. The lowest BCUT2D eigenvalue weighted by Gasteiger charge is -2.02. The molecule has 0 unspecified atom stereocenters. The third-order valence-corrected chi connectivity index (χ3v) is 1.71. The second kappa shape index (κ2) is 6.19. The van der Waals surface area contributed by atoms with Gasteiger partial charge in [0.2, 0.25) is 0 Å². The predicted octanol–water partition coefficient (Wildman–Crippen LogP) is 2.69. The highest BCUT2D eigenvalue weighted by atomic mass is 16.1. The van der Waals surface area contributed by atoms with Gasteiger partial charge in [0.25, 0.3) is 5.91 Å². The van der Waals surface area contributed by atoms with Crippen LogP contribution in [0.2, 0.25) is 0 Å². The van der Waals surface area contributed by atoms with E-state index in [0.717, 1.165) is 16.7 Å². The minimum absolute atomic E-state index is 0.0261. The molecule has 1 aromatic carbocycles. The Hall–Kier alpha value is -1.31. The maximum atomic E-state index is 11.2. The molecule has 0 saturated heterocycles. The Bertz CT molecular complexity index is 285. The van der Waals surface area contributed by atoms with Crippen molar-refractivity contribution in [3.8, 4) is 0 Å². The van der Waals surface area contributed by atoms with E-state index in [1.54, 1.807) is 7.05 Å². The Labute approximate surface area is 86.3 Å². The van der Waals surface area contributed by atoms with Crippen molar-refractivity contribution in [2.24, 2.45) is 0 Å². The topological polar surface area (TPSA) is 29.1 Å². The van der Waals surface area contributed by atoms with Gasteiger partial charge in [0.15, 0.2) is 0 Å². The number of carbonyl (C=O) groups is 1. The van der Waals surface area contributed by atoms with Crippen LogP contribution in [0.25, 0.3) is 0 Å². The van der Waals surface area contributed by atoms with E-state index in [9.17, 15) is 4.79 Å². The lowest BCUT2D eigenvalue weighted by Crippen LogP contribution is -2.17. The normalized spacial score (nSPS) is 8.64. The Morgan fingerprint density at radius 1 is 1.07 bits per heavy atom. The molecule has 0 aromatic heterocycles. The van der Waals surface area contributed by atoms with Crippen molar-refractivity contribution < 1.29 is 4.79 Å². The lowest BCUT2D eigenvalue weighted by molar-refractivity contribution is 0.0963. The van der Waals surface area contributed by atoms with Crippen LogP contribution >= 0.6 is 0 Å². The number of benzene rings is 1. The molecule has 0 fully saturated rings. The highest BCUT2D eigenvalue weighted by Crippen LogP contribution is 2.08. The number of aryl methyl sites for hydroxylation is 2. The van der Waals surface area contributed by atoms with E-state index in [0.29, 0.717) is 0 Å². The molecule has 1 amide bonds. The average Bonchev–Trinajstić information content (AvgIpc) is 2.18. The van der Waals surface area contributed by atoms with Crippen molar-refractivity contribution in [2.45, 2.75) is 27.7 Å². The summed E-state index contributed by atoms with van der Waals surface area (Å²) in [5.74, 6) is -0.0261. The van der Waals surface area contributed by atoms with Crippen LogP contribution in [0.4, 0.5) is 0 Å². The zero-order valence-electron chi connectivity index (χ0n) is 9.64. The zero-order chi connectivity index (χ0) is 11.1. The predicted molar refractivity (Wildman–Crippen MR) is 60.7 cm³/mol. The maximum absolute atomic E-state index is 11.2. The molecule has 0 spiro atoms. The first-order chi connectivity index (χ1) is 6.63. The summed E-state index contributed by atoms with van der Waals surface area (Å²) in [4.78, 5) is 11.2. The third-order valence-electron chi connectivity index (χ3n) is 1.71. The molecule has 14 heavy (non-hydrogen) atoms. The van der Waals surface area contributed by atoms with E-state index < -0.39 is 0 Å². The molecule has 0 bridgehead atoms. The van der Waals surface area contributed by atoms with E-state index in [2.05, 4.69) is 5.32 Å². The monoisotopic (exact) mass is 193 g/mol. The summed E-state index contributed by atoms with van der Waals surface area (Å²) in [6, 6.07) is 5.81. The molecule has 2 nitrogen and oxygen atoms in total. The van der Waals surface area contributed by atoms with Crippen LogP contribution in [-0.2, 0) is 0 Å². The second-order valence-corrected chi connectivity index (χ2v) is 2.96. The molecule has 0 heterocycles. The number of hydrogen-bond acceptors (Lipinski definition) is 1. The SMILES string of the molecule is CC.CNC(=O)c1cc(C)cc(C)c1. The van der Waals surface area contributed by atoms with Gasteiger partial charge in [0, 0.05) is 12.6 Å². The van der Waals surface area contributed by atoms with Gasteiger partial charge in [0.1, 0.15) is 0 Å². The van der Waals surface area contributed by atoms with Gasteiger partial charge >= 0.3 is 0 Å². The fourth-order valence-corrected chi connectivity index (χ4v) is 1.25. The van der Waals surface area contributed by atoms with Crippen molar-refractivity contribution in [1.29, 1.82) is 0 Å². The fourth-order valence-electron chi connectivity index (χ4n) is 1.25. The summed E-state index contributed by atoms with van der Waals surface area (Å²) in [6.07, 6.45) is 0. The van der Waals surface area contributed by atoms with Gasteiger partial charge in [-0.05, 0) is 26.0 Å². The summed E-state index contributed by atoms with van der Waals surface area (Å²) in [7, 11) is 1.64. The standard InChI is InChI=1S/C10H13NO.C2H6/c1-7-4-8(2)6-9(5-7)10(12)11-3;1-2/h4-6H,1-3H3,(H,11,12);1-2H3. The highest BCUT2D eigenvalue weighted by molar-refractivity contribution is 5.94. The third kappa shape index (κ3) is 3.60. The number of rotatable bonds is 1. The first-order valence-electron chi connectivity index (χ1n) is 4.94. The summed E-state index contributed by atoms with van der Waals surface area (Å²) in [5.41, 5.74) is 2.97. The van der Waals surface area contributed by atoms with E-state index in [-0.39, 0.29) is 5.91 Å². The van der Waals surface area contributed by atoms with Crippen LogP contribution in [0.5, 0.6) is 0 Å². The summed E-state index contributed by atoms with van der Waals surface area (Å²) >= 11 is 0. The first-order valence-corrected chi connectivity index (χ1v) is 4.94. The number of nitrogens with one attached hydrogen (secondary N) is 1. The summed E-state index contributed by atoms with van der Waals surface area (Å²) in [5, 5.41) is 2.60. The maximum Gasteiger partial charge on any atom is 0.251 e. The van der Waals surface area contributed by atoms with Crippen molar-refractivity contribution in [3.63, 3.8) is 0 Å². The molecule has 0 aliphatic rings. The van der Waals surface area contributed by atoms with Gasteiger partial charge in [-0.25, -0.2) is 0 Å². The molecule has 0 aliphatic heterocycles. The molecule has 1 aromatic rings. The molecule has 0 atom stereocenters. The van der Waals surface area contributed by atoms with Crippen LogP contribution < -0.4 is 5.32 Å². The number of hydrogen-bond donors (Lipinski definition) is 1. The smallest absolute Gasteiger partial charge is 0.251 e. The van der Waals surface area contributed by atoms with E-state index in [1.807, 2.05) is 45.9 Å². The number of amides is 1. The molecule has 1 rings (SSSR count). The van der Waals surface area contributed by atoms with E-state index in [4.69, 9.17) is 0 Å². The second-order valence-electron chi connectivity index (χ2n) is 2.96. The van der Waals surface area contributed by atoms with Crippen molar-refractivity contribution in [2.75, 3.05) is 7.05 Å². The van der Waals surface area contributed by atoms with E-state index >= 15 is 0 Å². The van der Waals surface area contributed by atoms with Crippen LogP contribution in [0.3, 0.4) is 0 Å². The first kappa shape index (κ1) is 12.7. The average molecular weight is 193 g/mol. The van der Waals surface area contributed by atoms with Crippen LogP contribution in [0, 0.1) is 13.8 Å². The number of carbonyl (C=O) groups excluding carboxylic acids is 1. The highest BCUT2D eigenvalue weighted by Gasteiger charge is 2.02. The van der Waals surface area contributed by atoms with Gasteiger partial charge in [-0.3, -0.25) is 4.79 Å². The van der Waals surface area contributed by atoms with Gasteiger partial charge in [-0.1, -0.05) is 31.0 Å². The zero-order valence-corrected chi connectivity index (χ0v) is 9.64.